The van der Waals surface area contributed by atoms with E-state index in [4.69, 9.17) is 0 Å². The van der Waals surface area contributed by atoms with E-state index in [1.165, 1.54) is 0 Å². The van der Waals surface area contributed by atoms with Crippen LogP contribution in [0.25, 0.3) is 0 Å². The second-order valence-corrected chi connectivity index (χ2v) is 3.83. The van der Waals surface area contributed by atoms with Crippen molar-refractivity contribution in [3.05, 3.63) is 0 Å². The van der Waals surface area contributed by atoms with Crippen LogP contribution < -0.4 is 5.32 Å². The smallest absolute Gasteiger partial charge is 0.243 e. The lowest BCUT2D eigenvalue weighted by molar-refractivity contribution is -0.124. The highest BCUT2D eigenvalue weighted by atomic mass is 16.2. The molecule has 0 spiro atoms. The quantitative estimate of drug-likeness (QED) is 0.684. The summed E-state index contributed by atoms with van der Waals surface area (Å²) < 4.78 is 0. The van der Waals surface area contributed by atoms with E-state index < -0.39 is 0 Å². The van der Waals surface area contributed by atoms with Gasteiger partial charge in [0.25, 0.3) is 0 Å². The largest absolute Gasteiger partial charge is 0.357 e. The van der Waals surface area contributed by atoms with Crippen molar-refractivity contribution < 1.29 is 4.79 Å². The van der Waals surface area contributed by atoms with Crippen molar-refractivity contribution >= 4 is 5.91 Å². The summed E-state index contributed by atoms with van der Waals surface area (Å²) in [6.07, 6.45) is 1.80. The highest BCUT2D eigenvalue weighted by molar-refractivity contribution is 5.82. The molecule has 0 radical (unpaired) electrons. The van der Waals surface area contributed by atoms with Crippen molar-refractivity contribution in [2.24, 2.45) is 0 Å². The molecule has 1 fully saturated rings. The van der Waals surface area contributed by atoms with Gasteiger partial charge in [0.2, 0.25) is 5.91 Å². The Morgan fingerprint density at radius 1 is 1.05 bits per heavy atom. The molecule has 1 N–H and O–H groups in total. The Bertz CT molecular complexity index is 663. The summed E-state index contributed by atoms with van der Waals surface area (Å²) in [6.45, 7) is 2.50. The number of likely N-dealkylation sites (N-methyl/N-ethyl adjacent to an activating group) is 1. The Morgan fingerprint density at radius 2 is 1.65 bits per heavy atom. The minimum atomic E-state index is -0.168. The van der Waals surface area contributed by atoms with Gasteiger partial charge >= 0.3 is 0 Å². The third-order valence-corrected chi connectivity index (χ3v) is 2.56. The number of hydrogen-bond acceptors (Lipinski definition) is 2. The van der Waals surface area contributed by atoms with Crippen LogP contribution in [-0.4, -0.2) is 30.4 Å². The van der Waals surface area contributed by atoms with Crippen molar-refractivity contribution in [3.63, 3.8) is 0 Å². The molecule has 1 unspecified atom stereocenters. The van der Waals surface area contributed by atoms with Gasteiger partial charge in [-0.15, -0.1) is 0 Å². The first-order chi connectivity index (χ1) is 9.79. The third kappa shape index (κ3) is 5.15. The van der Waals surface area contributed by atoms with Crippen LogP contribution in [0, 0.1) is 59.3 Å². The van der Waals surface area contributed by atoms with Crippen LogP contribution in [0.1, 0.15) is 19.8 Å². The number of rotatable bonds is 1. The Labute approximate surface area is 120 Å². The van der Waals surface area contributed by atoms with E-state index in [1.807, 2.05) is 4.90 Å². The summed E-state index contributed by atoms with van der Waals surface area (Å²) in [4.78, 5) is 13.4. The van der Waals surface area contributed by atoms with E-state index in [1.54, 1.807) is 14.0 Å². The molecule has 1 atom stereocenters. The fourth-order valence-electron chi connectivity index (χ4n) is 1.69. The Balaban J connectivity index is 2.56. The summed E-state index contributed by atoms with van der Waals surface area (Å²) in [7, 11) is 1.63. The molecule has 1 saturated heterocycles. The second-order valence-electron chi connectivity index (χ2n) is 3.83. The van der Waals surface area contributed by atoms with Crippen molar-refractivity contribution in [1.82, 2.24) is 10.2 Å². The molecule has 98 valence electrons. The van der Waals surface area contributed by atoms with Gasteiger partial charge < -0.3 is 10.2 Å². The molecule has 20 heavy (non-hydrogen) atoms. The molecular weight excluding hydrogens is 248 g/mol. The van der Waals surface area contributed by atoms with Gasteiger partial charge in [-0.25, -0.2) is 0 Å². The normalized spacial score (nSPS) is 14.5. The molecule has 0 aromatic carbocycles. The first-order valence-electron chi connectivity index (χ1n) is 6.20. The van der Waals surface area contributed by atoms with E-state index in [2.05, 4.69) is 64.6 Å². The molecule has 1 aliphatic rings. The second kappa shape index (κ2) is 9.06. The topological polar surface area (TPSA) is 32.3 Å². The predicted octanol–water partition coefficient (Wildman–Crippen LogP) is 0.191. The maximum atomic E-state index is 11.6. The van der Waals surface area contributed by atoms with Crippen LogP contribution in [-0.2, 0) is 4.79 Å². The minimum Gasteiger partial charge on any atom is -0.357 e. The van der Waals surface area contributed by atoms with E-state index >= 15 is 0 Å². The van der Waals surface area contributed by atoms with Gasteiger partial charge in [-0.3, -0.25) is 4.79 Å². The standard InChI is InChI=1S/C17H14N2O/c1-3-4-5-6-7-8-9-10-11-14-19-15-12-13-16(19)17(20)18-2/h16H,12-13,15H2,1-2H3,(H,18,20). The summed E-state index contributed by atoms with van der Waals surface area (Å²) in [5, 5.41) is 2.64. The highest BCUT2D eigenvalue weighted by Crippen LogP contribution is 2.15. The van der Waals surface area contributed by atoms with Crippen LogP contribution in [0.4, 0.5) is 0 Å². The van der Waals surface area contributed by atoms with Gasteiger partial charge in [0, 0.05) is 43.3 Å². The molecule has 0 aromatic heterocycles. The zero-order valence-electron chi connectivity index (χ0n) is 11.6. The van der Waals surface area contributed by atoms with Crippen LogP contribution >= 0.6 is 0 Å². The first-order valence-corrected chi connectivity index (χ1v) is 6.20. The fraction of sp³-hybridized carbons (Fsp3) is 0.353. The predicted molar refractivity (Wildman–Crippen MR) is 78.3 cm³/mol. The monoisotopic (exact) mass is 262 g/mol. The van der Waals surface area contributed by atoms with Crippen molar-refractivity contribution in [1.29, 1.82) is 0 Å². The summed E-state index contributed by atoms with van der Waals surface area (Å²) >= 11 is 0. The number of amides is 1. The zero-order chi connectivity index (χ0) is 14.6. The van der Waals surface area contributed by atoms with Crippen LogP contribution in [0.2, 0.25) is 0 Å². The van der Waals surface area contributed by atoms with Crippen LogP contribution in [0.3, 0.4) is 0 Å². The SMILES string of the molecule is CC#CC#CC#CC#CC#CN1CCCC1C(=O)NC. The molecular formula is C17H14N2O. The molecule has 3 nitrogen and oxygen atoms in total. The number of nitrogens with zero attached hydrogens (tertiary/aromatic N) is 1. The van der Waals surface area contributed by atoms with Crippen LogP contribution in [0.5, 0.6) is 0 Å². The van der Waals surface area contributed by atoms with E-state index in [-0.39, 0.29) is 11.9 Å². The number of likely N-dealkylation sites (tertiary alicyclic amines) is 1. The lowest BCUT2D eigenvalue weighted by atomic mass is 10.2. The van der Waals surface area contributed by atoms with Gasteiger partial charge in [0.1, 0.15) is 6.04 Å². The Kier molecular flexibility index (Phi) is 6.85. The molecule has 0 saturated carbocycles. The maximum absolute atomic E-state index is 11.6. The molecule has 1 aliphatic heterocycles. The van der Waals surface area contributed by atoms with Gasteiger partial charge in [-0.1, -0.05) is 5.92 Å². The number of hydrogen-bond donors (Lipinski definition) is 1. The number of nitrogens with one attached hydrogen (secondary N) is 1. The fourth-order valence-corrected chi connectivity index (χ4v) is 1.69. The number of carbonyl (C=O) groups is 1. The maximum Gasteiger partial charge on any atom is 0.243 e. The third-order valence-electron chi connectivity index (χ3n) is 2.56. The van der Waals surface area contributed by atoms with E-state index in [0.717, 1.165) is 19.4 Å². The van der Waals surface area contributed by atoms with Crippen molar-refractivity contribution in [3.8, 4) is 59.3 Å². The average molecular weight is 262 g/mol. The average Bonchev–Trinajstić information content (AvgIpc) is 2.93. The van der Waals surface area contributed by atoms with Gasteiger partial charge in [-0.05, 0) is 43.4 Å². The van der Waals surface area contributed by atoms with E-state index in [0.29, 0.717) is 0 Å². The zero-order valence-corrected chi connectivity index (χ0v) is 11.6. The molecule has 1 amide bonds. The molecule has 3 heteroatoms. The molecule has 1 rings (SSSR count). The highest BCUT2D eigenvalue weighted by Gasteiger charge is 2.27. The van der Waals surface area contributed by atoms with Crippen molar-refractivity contribution in [2.75, 3.05) is 13.6 Å². The lowest BCUT2D eigenvalue weighted by Crippen LogP contribution is -2.39. The summed E-state index contributed by atoms with van der Waals surface area (Å²) in [5.41, 5.74) is 0. The molecule has 1 heterocycles. The van der Waals surface area contributed by atoms with Gasteiger partial charge in [0.05, 0.1) is 0 Å². The van der Waals surface area contributed by atoms with Gasteiger partial charge in [0.15, 0.2) is 0 Å². The van der Waals surface area contributed by atoms with Crippen molar-refractivity contribution in [2.45, 2.75) is 25.8 Å². The molecule has 0 aliphatic carbocycles. The molecule has 0 aromatic rings. The summed E-state index contributed by atoms with van der Waals surface area (Å²) in [5.74, 6) is 23.3. The lowest BCUT2D eigenvalue weighted by Gasteiger charge is -2.17. The first kappa shape index (κ1) is 15.1. The Morgan fingerprint density at radius 3 is 2.25 bits per heavy atom. The minimum absolute atomic E-state index is 0.00291. The van der Waals surface area contributed by atoms with Crippen LogP contribution in [0.15, 0.2) is 0 Å². The van der Waals surface area contributed by atoms with Gasteiger partial charge in [-0.2, -0.15) is 0 Å². The summed E-state index contributed by atoms with van der Waals surface area (Å²) in [6, 6.07) is 2.71. The Hall–Kier alpha value is -2.93. The number of carbonyl (C=O) groups excluding carboxylic acids is 1. The van der Waals surface area contributed by atoms with E-state index in [9.17, 15) is 4.79 Å². The molecule has 0 bridgehead atoms.